The van der Waals surface area contributed by atoms with E-state index < -0.39 is 0 Å². The molecule has 0 rings (SSSR count). The number of guanidine groups is 1. The second kappa shape index (κ2) is 11.7. The first-order valence-electron chi connectivity index (χ1n) is 6.95. The van der Waals surface area contributed by atoms with E-state index in [1.165, 1.54) is 19.4 Å². The molecule has 0 amide bonds. The number of rotatable bonds is 9. The summed E-state index contributed by atoms with van der Waals surface area (Å²) < 4.78 is 0. The van der Waals surface area contributed by atoms with Crippen LogP contribution in [0.3, 0.4) is 0 Å². The van der Waals surface area contributed by atoms with Gasteiger partial charge in [-0.3, -0.25) is 4.99 Å². The highest BCUT2D eigenvalue weighted by atomic mass is 15.2. The average molecular weight is 242 g/mol. The largest absolute Gasteiger partial charge is 0.356 e. The topological polar surface area (TPSA) is 39.7 Å². The van der Waals surface area contributed by atoms with Gasteiger partial charge < -0.3 is 15.5 Å². The molecule has 102 valence electrons. The van der Waals surface area contributed by atoms with E-state index in [2.05, 4.69) is 41.3 Å². The summed E-state index contributed by atoms with van der Waals surface area (Å²) in [5.74, 6) is 0.926. The summed E-state index contributed by atoms with van der Waals surface area (Å²) in [6, 6.07) is 0. The Morgan fingerprint density at radius 2 is 1.65 bits per heavy atom. The minimum Gasteiger partial charge on any atom is -0.356 e. The van der Waals surface area contributed by atoms with Gasteiger partial charge in [0, 0.05) is 20.1 Å². The van der Waals surface area contributed by atoms with Crippen LogP contribution in [0.1, 0.15) is 40.0 Å². The summed E-state index contributed by atoms with van der Waals surface area (Å²) in [6.07, 6.45) is 3.57. The predicted molar refractivity (Wildman–Crippen MR) is 76.7 cm³/mol. The number of nitrogens with one attached hydrogen (secondary N) is 2. The van der Waals surface area contributed by atoms with Gasteiger partial charge in [0.2, 0.25) is 0 Å². The van der Waals surface area contributed by atoms with Crippen molar-refractivity contribution in [3.63, 3.8) is 0 Å². The molecule has 0 aromatic rings. The summed E-state index contributed by atoms with van der Waals surface area (Å²) in [5, 5.41) is 6.60. The standard InChI is InChI=1S/C13H30N4/c1-5-10-15-13(14-4)16-11-8-9-12-17(6-2)7-3/h5-12H2,1-4H3,(H2,14,15,16). The van der Waals surface area contributed by atoms with Gasteiger partial charge in [-0.05, 0) is 38.9 Å². The Bertz CT molecular complexity index is 188. The first-order chi connectivity index (χ1) is 8.28. The molecule has 4 heteroatoms. The predicted octanol–water partition coefficient (Wildman–Crippen LogP) is 1.68. The third kappa shape index (κ3) is 8.98. The molecule has 17 heavy (non-hydrogen) atoms. The zero-order valence-electron chi connectivity index (χ0n) is 12.1. The molecular weight excluding hydrogens is 212 g/mol. The van der Waals surface area contributed by atoms with Crippen LogP contribution in [0.4, 0.5) is 0 Å². The number of unbranched alkanes of at least 4 members (excludes halogenated alkanes) is 1. The van der Waals surface area contributed by atoms with E-state index in [1.54, 1.807) is 0 Å². The van der Waals surface area contributed by atoms with E-state index in [0.717, 1.165) is 38.6 Å². The van der Waals surface area contributed by atoms with Crippen LogP contribution in [0.15, 0.2) is 4.99 Å². The van der Waals surface area contributed by atoms with E-state index in [9.17, 15) is 0 Å². The quantitative estimate of drug-likeness (QED) is 0.367. The van der Waals surface area contributed by atoms with Crippen molar-refractivity contribution >= 4 is 5.96 Å². The van der Waals surface area contributed by atoms with Crippen LogP contribution in [0.2, 0.25) is 0 Å². The Hall–Kier alpha value is -0.770. The van der Waals surface area contributed by atoms with Gasteiger partial charge in [-0.15, -0.1) is 0 Å². The van der Waals surface area contributed by atoms with Gasteiger partial charge in [0.05, 0.1) is 0 Å². The van der Waals surface area contributed by atoms with E-state index in [4.69, 9.17) is 0 Å². The monoisotopic (exact) mass is 242 g/mol. The van der Waals surface area contributed by atoms with Crippen LogP contribution in [0, 0.1) is 0 Å². The normalized spacial score (nSPS) is 11.9. The highest BCUT2D eigenvalue weighted by molar-refractivity contribution is 5.79. The van der Waals surface area contributed by atoms with Crippen molar-refractivity contribution in [3.8, 4) is 0 Å². The molecule has 0 aliphatic heterocycles. The number of aliphatic imine (C=N–C) groups is 1. The minimum absolute atomic E-state index is 0.926. The fraction of sp³-hybridized carbons (Fsp3) is 0.923. The fourth-order valence-corrected chi connectivity index (χ4v) is 1.67. The Balaban J connectivity index is 3.49. The molecule has 0 aromatic carbocycles. The first-order valence-corrected chi connectivity index (χ1v) is 6.95. The molecule has 0 aromatic heterocycles. The van der Waals surface area contributed by atoms with Gasteiger partial charge >= 0.3 is 0 Å². The highest BCUT2D eigenvalue weighted by Gasteiger charge is 1.99. The number of nitrogens with zero attached hydrogens (tertiary/aromatic N) is 2. The Morgan fingerprint density at radius 1 is 1.00 bits per heavy atom. The van der Waals surface area contributed by atoms with Crippen molar-refractivity contribution in [1.29, 1.82) is 0 Å². The van der Waals surface area contributed by atoms with Gasteiger partial charge in [0.15, 0.2) is 5.96 Å². The molecule has 0 unspecified atom stereocenters. The lowest BCUT2D eigenvalue weighted by Crippen LogP contribution is -2.38. The molecule has 0 fully saturated rings. The second-order valence-electron chi connectivity index (χ2n) is 4.16. The van der Waals surface area contributed by atoms with Gasteiger partial charge in [-0.2, -0.15) is 0 Å². The first kappa shape index (κ1) is 16.2. The average Bonchev–Trinajstić information content (AvgIpc) is 2.37. The van der Waals surface area contributed by atoms with Gasteiger partial charge in [-0.25, -0.2) is 0 Å². The SMILES string of the molecule is CCCNC(=NC)NCCCCN(CC)CC. The molecule has 0 aliphatic rings. The Labute approximate surface area is 107 Å². The summed E-state index contributed by atoms with van der Waals surface area (Å²) in [6.45, 7) is 12.1. The minimum atomic E-state index is 0.926. The van der Waals surface area contributed by atoms with Crippen molar-refractivity contribution in [2.24, 2.45) is 4.99 Å². The molecule has 2 N–H and O–H groups in total. The maximum atomic E-state index is 4.17. The maximum absolute atomic E-state index is 4.17. The Kier molecular flexibility index (Phi) is 11.2. The van der Waals surface area contributed by atoms with Crippen molar-refractivity contribution in [1.82, 2.24) is 15.5 Å². The molecule has 0 bridgehead atoms. The van der Waals surface area contributed by atoms with Crippen LogP contribution in [0.5, 0.6) is 0 Å². The third-order valence-electron chi connectivity index (χ3n) is 2.85. The molecule has 0 aliphatic carbocycles. The summed E-state index contributed by atoms with van der Waals surface area (Å²) in [7, 11) is 1.82. The van der Waals surface area contributed by atoms with Crippen LogP contribution in [-0.2, 0) is 0 Å². The van der Waals surface area contributed by atoms with Crippen molar-refractivity contribution in [2.75, 3.05) is 39.8 Å². The van der Waals surface area contributed by atoms with E-state index in [1.807, 2.05) is 7.05 Å². The molecule has 0 saturated heterocycles. The van der Waals surface area contributed by atoms with Crippen molar-refractivity contribution in [3.05, 3.63) is 0 Å². The lowest BCUT2D eigenvalue weighted by atomic mass is 10.3. The summed E-state index contributed by atoms with van der Waals surface area (Å²) in [5.41, 5.74) is 0. The molecule has 0 saturated carbocycles. The molecule has 4 nitrogen and oxygen atoms in total. The molecule has 0 atom stereocenters. The van der Waals surface area contributed by atoms with Crippen LogP contribution in [0.25, 0.3) is 0 Å². The fourth-order valence-electron chi connectivity index (χ4n) is 1.67. The van der Waals surface area contributed by atoms with Gasteiger partial charge in [-0.1, -0.05) is 20.8 Å². The number of hydrogen-bond acceptors (Lipinski definition) is 2. The lowest BCUT2D eigenvalue weighted by molar-refractivity contribution is 0.297. The van der Waals surface area contributed by atoms with Crippen LogP contribution in [-0.4, -0.2) is 50.6 Å². The van der Waals surface area contributed by atoms with Crippen LogP contribution >= 0.6 is 0 Å². The van der Waals surface area contributed by atoms with E-state index in [-0.39, 0.29) is 0 Å². The number of hydrogen-bond donors (Lipinski definition) is 2. The highest BCUT2D eigenvalue weighted by Crippen LogP contribution is 1.93. The zero-order chi connectivity index (χ0) is 12.9. The zero-order valence-corrected chi connectivity index (χ0v) is 12.1. The Morgan fingerprint density at radius 3 is 2.18 bits per heavy atom. The summed E-state index contributed by atoms with van der Waals surface area (Å²) >= 11 is 0. The van der Waals surface area contributed by atoms with E-state index >= 15 is 0 Å². The van der Waals surface area contributed by atoms with Crippen molar-refractivity contribution < 1.29 is 0 Å². The lowest BCUT2D eigenvalue weighted by Gasteiger charge is -2.17. The maximum Gasteiger partial charge on any atom is 0.190 e. The molecule has 0 radical (unpaired) electrons. The second-order valence-corrected chi connectivity index (χ2v) is 4.16. The molecule has 0 heterocycles. The van der Waals surface area contributed by atoms with Crippen molar-refractivity contribution in [2.45, 2.75) is 40.0 Å². The van der Waals surface area contributed by atoms with E-state index in [0.29, 0.717) is 0 Å². The third-order valence-corrected chi connectivity index (χ3v) is 2.85. The summed E-state index contributed by atoms with van der Waals surface area (Å²) in [4.78, 5) is 6.64. The van der Waals surface area contributed by atoms with Crippen LogP contribution < -0.4 is 10.6 Å². The smallest absolute Gasteiger partial charge is 0.190 e. The van der Waals surface area contributed by atoms with Gasteiger partial charge in [0.25, 0.3) is 0 Å². The molecule has 0 spiro atoms. The molecular formula is C13H30N4. The van der Waals surface area contributed by atoms with Gasteiger partial charge in [0.1, 0.15) is 0 Å².